The maximum Gasteiger partial charge on any atom is 0.257 e. The summed E-state index contributed by atoms with van der Waals surface area (Å²) in [7, 11) is -3.58. The van der Waals surface area contributed by atoms with Crippen LogP contribution >= 0.6 is 11.8 Å². The number of rotatable bonds is 7. The van der Waals surface area contributed by atoms with Crippen molar-refractivity contribution in [1.82, 2.24) is 14.2 Å². The summed E-state index contributed by atoms with van der Waals surface area (Å²) in [6.07, 6.45) is 1.10. The van der Waals surface area contributed by atoms with Crippen molar-refractivity contribution in [3.8, 4) is 0 Å². The molecule has 0 atom stereocenters. The third kappa shape index (κ3) is 4.02. The van der Waals surface area contributed by atoms with Crippen LogP contribution in [0.1, 0.15) is 26.7 Å². The number of carbonyl (C=O) groups excluding carboxylic acids is 2. The minimum atomic E-state index is -3.58. The molecule has 1 aliphatic rings. The first kappa shape index (κ1) is 19.8. The van der Waals surface area contributed by atoms with E-state index in [1.165, 1.54) is 21.3 Å². The number of benzene rings is 1. The summed E-state index contributed by atoms with van der Waals surface area (Å²) in [6, 6.07) is 4.53. The van der Waals surface area contributed by atoms with Crippen molar-refractivity contribution < 1.29 is 22.4 Å². The van der Waals surface area contributed by atoms with Crippen LogP contribution in [0.25, 0.3) is 11.1 Å². The van der Waals surface area contributed by atoms with Gasteiger partial charge in [0.1, 0.15) is 5.52 Å². The molecule has 27 heavy (non-hydrogen) atoms. The molecule has 8 nitrogen and oxygen atoms in total. The molecule has 2 heterocycles. The van der Waals surface area contributed by atoms with Gasteiger partial charge in [0, 0.05) is 26.1 Å². The topological polar surface area (TPSA) is 101 Å². The second-order valence-electron chi connectivity index (χ2n) is 6.03. The van der Waals surface area contributed by atoms with Crippen LogP contribution in [0, 0.1) is 0 Å². The molecule has 1 aromatic carbocycles. The van der Waals surface area contributed by atoms with Crippen LogP contribution in [0.15, 0.2) is 32.7 Å². The third-order valence-electron chi connectivity index (χ3n) is 4.38. The molecule has 0 N–H and O–H groups in total. The van der Waals surface area contributed by atoms with Gasteiger partial charge in [0.2, 0.25) is 21.8 Å². The van der Waals surface area contributed by atoms with E-state index >= 15 is 0 Å². The summed E-state index contributed by atoms with van der Waals surface area (Å²) in [6.45, 7) is 4.79. The summed E-state index contributed by atoms with van der Waals surface area (Å²) < 4.78 is 32.2. The number of aromatic nitrogens is 1. The van der Waals surface area contributed by atoms with E-state index in [1.54, 1.807) is 19.9 Å². The van der Waals surface area contributed by atoms with Crippen LogP contribution in [-0.4, -0.2) is 59.8 Å². The minimum Gasteiger partial charge on any atom is -0.431 e. The first-order valence-electron chi connectivity index (χ1n) is 8.73. The lowest BCUT2D eigenvalue weighted by atomic mass is 10.3. The lowest BCUT2D eigenvalue weighted by molar-refractivity contribution is -0.140. The second-order valence-corrected chi connectivity index (χ2v) is 8.89. The minimum absolute atomic E-state index is 0.0448. The van der Waals surface area contributed by atoms with Gasteiger partial charge in [0.15, 0.2) is 5.58 Å². The van der Waals surface area contributed by atoms with Crippen LogP contribution in [0.3, 0.4) is 0 Å². The second kappa shape index (κ2) is 7.99. The largest absolute Gasteiger partial charge is 0.431 e. The maximum absolute atomic E-state index is 12.6. The zero-order valence-electron chi connectivity index (χ0n) is 15.2. The van der Waals surface area contributed by atoms with Gasteiger partial charge in [-0.15, -0.1) is 0 Å². The molecule has 0 spiro atoms. The first-order chi connectivity index (χ1) is 12.9. The highest BCUT2D eigenvalue weighted by Gasteiger charge is 2.27. The lowest BCUT2D eigenvalue weighted by Crippen LogP contribution is -2.33. The lowest BCUT2D eigenvalue weighted by Gasteiger charge is -2.18. The van der Waals surface area contributed by atoms with Crippen molar-refractivity contribution >= 4 is 44.7 Å². The quantitative estimate of drug-likeness (QED) is 0.643. The van der Waals surface area contributed by atoms with E-state index < -0.39 is 10.0 Å². The van der Waals surface area contributed by atoms with E-state index in [4.69, 9.17) is 4.42 Å². The van der Waals surface area contributed by atoms with Crippen LogP contribution in [-0.2, 0) is 19.6 Å². The molecule has 1 aromatic heterocycles. The van der Waals surface area contributed by atoms with E-state index in [0.29, 0.717) is 43.6 Å². The molecule has 0 aliphatic carbocycles. The molecule has 1 fully saturated rings. The predicted octanol–water partition coefficient (Wildman–Crippen LogP) is 2.10. The van der Waals surface area contributed by atoms with Crippen molar-refractivity contribution in [3.63, 3.8) is 0 Å². The molecule has 10 heteroatoms. The van der Waals surface area contributed by atoms with Gasteiger partial charge in [0.05, 0.1) is 10.6 Å². The zero-order chi connectivity index (χ0) is 19.6. The molecule has 3 rings (SSSR count). The van der Waals surface area contributed by atoms with E-state index in [0.717, 1.165) is 11.8 Å². The van der Waals surface area contributed by atoms with E-state index in [-0.39, 0.29) is 27.7 Å². The smallest absolute Gasteiger partial charge is 0.257 e. The number of carbonyl (C=O) groups is 2. The van der Waals surface area contributed by atoms with Crippen molar-refractivity contribution in [2.45, 2.75) is 36.8 Å². The number of oxazole rings is 1. The molecule has 2 amide bonds. The highest BCUT2D eigenvalue weighted by Crippen LogP contribution is 2.27. The molecule has 0 unspecified atom stereocenters. The Bertz CT molecular complexity index is 966. The average Bonchev–Trinajstić information content (AvgIpc) is 3.25. The van der Waals surface area contributed by atoms with Crippen molar-refractivity contribution in [1.29, 1.82) is 0 Å². The number of hydrogen-bond donors (Lipinski definition) is 0. The van der Waals surface area contributed by atoms with Gasteiger partial charge in [-0.2, -0.15) is 4.31 Å². The Kier molecular flexibility index (Phi) is 5.87. The first-order valence-corrected chi connectivity index (χ1v) is 11.2. The van der Waals surface area contributed by atoms with E-state index in [2.05, 4.69) is 4.98 Å². The number of amides is 2. The van der Waals surface area contributed by atoms with Gasteiger partial charge in [0.25, 0.3) is 5.22 Å². The average molecular weight is 412 g/mol. The number of hydrogen-bond acceptors (Lipinski definition) is 7. The summed E-state index contributed by atoms with van der Waals surface area (Å²) >= 11 is 1.09. The van der Waals surface area contributed by atoms with Gasteiger partial charge in [-0.1, -0.05) is 25.6 Å². The number of nitrogens with zero attached hydrogens (tertiary/aromatic N) is 3. The van der Waals surface area contributed by atoms with Gasteiger partial charge in [-0.25, -0.2) is 13.4 Å². The molecule has 146 valence electrons. The van der Waals surface area contributed by atoms with Crippen molar-refractivity contribution in [3.05, 3.63) is 18.2 Å². The number of imide groups is 1. The number of fused-ring (bicyclic) bond motifs is 1. The molecular formula is C17H21N3O5S2. The Balaban J connectivity index is 1.76. The fraction of sp³-hybridized carbons (Fsp3) is 0.471. The molecule has 2 aromatic rings. The van der Waals surface area contributed by atoms with Gasteiger partial charge in [-0.05, 0) is 24.6 Å². The van der Waals surface area contributed by atoms with Crippen LogP contribution in [0.5, 0.6) is 0 Å². The molecule has 0 saturated carbocycles. The van der Waals surface area contributed by atoms with Crippen LogP contribution in [0.4, 0.5) is 0 Å². The predicted molar refractivity (Wildman–Crippen MR) is 101 cm³/mol. The Morgan fingerprint density at radius 2 is 2.07 bits per heavy atom. The highest BCUT2D eigenvalue weighted by atomic mass is 32.2. The highest BCUT2D eigenvalue weighted by molar-refractivity contribution is 7.99. The Morgan fingerprint density at radius 1 is 1.33 bits per heavy atom. The Labute approximate surface area is 161 Å². The third-order valence-corrected chi connectivity index (χ3v) is 7.23. The van der Waals surface area contributed by atoms with Gasteiger partial charge >= 0.3 is 0 Å². The van der Waals surface area contributed by atoms with Crippen molar-refractivity contribution in [2.24, 2.45) is 0 Å². The summed E-state index contributed by atoms with van der Waals surface area (Å²) in [4.78, 5) is 29.4. The number of thioether (sulfide) groups is 1. The maximum atomic E-state index is 12.6. The standard InChI is InChI=1S/C17H21N3O5S2/c1-3-19(4-2)27(23,24)12-7-8-14-13(10-12)18-17(25-14)26-11-16(22)20-9-5-6-15(20)21/h7-8,10H,3-6,9,11H2,1-2H3. The molecule has 1 aliphatic heterocycles. The zero-order valence-corrected chi connectivity index (χ0v) is 16.8. The van der Waals surface area contributed by atoms with Crippen LogP contribution in [0.2, 0.25) is 0 Å². The summed E-state index contributed by atoms with van der Waals surface area (Å²) in [5, 5.41) is 0.266. The van der Waals surface area contributed by atoms with Gasteiger partial charge < -0.3 is 4.42 Å². The molecule has 1 saturated heterocycles. The van der Waals surface area contributed by atoms with E-state index in [1.807, 2.05) is 0 Å². The molecule has 0 bridgehead atoms. The van der Waals surface area contributed by atoms with Crippen LogP contribution < -0.4 is 0 Å². The molecule has 0 radical (unpaired) electrons. The fourth-order valence-corrected chi connectivity index (χ4v) is 5.13. The Hall–Kier alpha value is -1.91. The summed E-state index contributed by atoms with van der Waals surface area (Å²) in [5.74, 6) is -0.373. The normalized spacial score (nSPS) is 15.2. The SMILES string of the molecule is CCN(CC)S(=O)(=O)c1ccc2oc(SCC(=O)N3CCCC3=O)nc2c1. The Morgan fingerprint density at radius 3 is 2.70 bits per heavy atom. The molecular weight excluding hydrogens is 390 g/mol. The number of likely N-dealkylation sites (tertiary alicyclic amines) is 1. The summed E-state index contributed by atoms with van der Waals surface area (Å²) in [5.41, 5.74) is 0.858. The fourth-order valence-electron chi connectivity index (χ4n) is 2.93. The van der Waals surface area contributed by atoms with Gasteiger partial charge in [-0.3, -0.25) is 14.5 Å². The van der Waals surface area contributed by atoms with E-state index in [9.17, 15) is 18.0 Å². The van der Waals surface area contributed by atoms with Crippen molar-refractivity contribution in [2.75, 3.05) is 25.4 Å². The monoisotopic (exact) mass is 411 g/mol. The number of sulfonamides is 1.